The number of nitrogens with one attached hydrogen (secondary N) is 1. The standard InChI is InChI=1S/C22H26N4O4/c1-27-18-12-15(13-19(28-2)20(18)29-3)14-23-21-16-6-4-5-7-17(16)24-22(25-21)26-8-10-30-11-9-26/h4-7,12-13H,8-11,14H2,1-3H3,(H,23,24,25). The summed E-state index contributed by atoms with van der Waals surface area (Å²) in [6.45, 7) is 3.48. The second-order valence-corrected chi connectivity index (χ2v) is 6.88. The highest BCUT2D eigenvalue weighted by atomic mass is 16.5. The van der Waals surface area contributed by atoms with Gasteiger partial charge in [0.2, 0.25) is 11.7 Å². The first kappa shape index (κ1) is 20.0. The molecular formula is C22H26N4O4. The summed E-state index contributed by atoms with van der Waals surface area (Å²) >= 11 is 0. The summed E-state index contributed by atoms with van der Waals surface area (Å²) in [5.74, 6) is 3.32. The van der Waals surface area contributed by atoms with E-state index in [9.17, 15) is 0 Å². The summed E-state index contributed by atoms with van der Waals surface area (Å²) < 4.78 is 21.8. The molecule has 158 valence electrons. The lowest BCUT2D eigenvalue weighted by Gasteiger charge is -2.27. The Labute approximate surface area is 175 Å². The normalized spacial score (nSPS) is 13.9. The number of rotatable bonds is 7. The summed E-state index contributed by atoms with van der Waals surface area (Å²) in [6.07, 6.45) is 0. The maximum Gasteiger partial charge on any atom is 0.228 e. The van der Waals surface area contributed by atoms with Gasteiger partial charge in [0.25, 0.3) is 0 Å². The number of fused-ring (bicyclic) bond motifs is 1. The molecule has 1 saturated heterocycles. The quantitative estimate of drug-likeness (QED) is 0.637. The number of benzene rings is 2. The topological polar surface area (TPSA) is 78.0 Å². The molecule has 2 heterocycles. The summed E-state index contributed by atoms with van der Waals surface area (Å²) in [5, 5.41) is 4.44. The van der Waals surface area contributed by atoms with Gasteiger partial charge in [-0.3, -0.25) is 0 Å². The van der Waals surface area contributed by atoms with Crippen LogP contribution in [0.5, 0.6) is 17.2 Å². The SMILES string of the molecule is COc1cc(CNc2nc(N3CCOCC3)nc3ccccc23)cc(OC)c1OC. The van der Waals surface area contributed by atoms with E-state index in [1.807, 2.05) is 36.4 Å². The molecule has 1 aromatic heterocycles. The molecule has 1 aliphatic rings. The minimum atomic E-state index is 0.542. The van der Waals surface area contributed by atoms with E-state index in [0.717, 1.165) is 35.4 Å². The van der Waals surface area contributed by atoms with Crippen LogP contribution < -0.4 is 24.4 Å². The number of hydrogen-bond acceptors (Lipinski definition) is 8. The van der Waals surface area contributed by atoms with Gasteiger partial charge in [-0.1, -0.05) is 12.1 Å². The summed E-state index contributed by atoms with van der Waals surface area (Å²) in [4.78, 5) is 11.7. The van der Waals surface area contributed by atoms with Crippen LogP contribution >= 0.6 is 0 Å². The molecule has 2 aromatic carbocycles. The molecule has 0 radical (unpaired) electrons. The van der Waals surface area contributed by atoms with Gasteiger partial charge in [0.05, 0.1) is 40.1 Å². The van der Waals surface area contributed by atoms with Gasteiger partial charge in [-0.15, -0.1) is 0 Å². The van der Waals surface area contributed by atoms with E-state index < -0.39 is 0 Å². The zero-order chi connectivity index (χ0) is 20.9. The molecule has 1 N–H and O–H groups in total. The molecule has 0 aliphatic carbocycles. The van der Waals surface area contributed by atoms with E-state index in [-0.39, 0.29) is 0 Å². The lowest BCUT2D eigenvalue weighted by Crippen LogP contribution is -2.37. The molecular weight excluding hydrogens is 384 g/mol. The molecule has 0 amide bonds. The van der Waals surface area contributed by atoms with Crippen molar-refractivity contribution in [3.63, 3.8) is 0 Å². The highest BCUT2D eigenvalue weighted by Crippen LogP contribution is 2.38. The van der Waals surface area contributed by atoms with E-state index in [2.05, 4.69) is 10.2 Å². The molecule has 1 aliphatic heterocycles. The van der Waals surface area contributed by atoms with Crippen molar-refractivity contribution in [2.45, 2.75) is 6.54 Å². The van der Waals surface area contributed by atoms with Crippen molar-refractivity contribution in [2.24, 2.45) is 0 Å². The lowest BCUT2D eigenvalue weighted by molar-refractivity contribution is 0.122. The molecule has 0 saturated carbocycles. The van der Waals surface area contributed by atoms with Gasteiger partial charge in [0.15, 0.2) is 11.5 Å². The minimum Gasteiger partial charge on any atom is -0.493 e. The minimum absolute atomic E-state index is 0.542. The summed E-state index contributed by atoms with van der Waals surface area (Å²) in [6, 6.07) is 11.9. The Bertz CT molecular complexity index is 996. The number of aromatic nitrogens is 2. The Balaban J connectivity index is 1.65. The van der Waals surface area contributed by atoms with Crippen LogP contribution in [0.25, 0.3) is 10.9 Å². The Kier molecular flexibility index (Phi) is 6.04. The van der Waals surface area contributed by atoms with E-state index >= 15 is 0 Å². The molecule has 0 spiro atoms. The number of para-hydroxylation sites is 1. The van der Waals surface area contributed by atoms with E-state index in [4.69, 9.17) is 28.9 Å². The average Bonchev–Trinajstić information content (AvgIpc) is 2.82. The third-order valence-corrected chi connectivity index (χ3v) is 5.07. The van der Waals surface area contributed by atoms with Crippen LogP contribution in [0.4, 0.5) is 11.8 Å². The van der Waals surface area contributed by atoms with Gasteiger partial charge < -0.3 is 29.2 Å². The highest BCUT2D eigenvalue weighted by Gasteiger charge is 2.17. The number of methoxy groups -OCH3 is 3. The van der Waals surface area contributed by atoms with Crippen LogP contribution in [0.2, 0.25) is 0 Å². The number of ether oxygens (including phenoxy) is 4. The van der Waals surface area contributed by atoms with Gasteiger partial charge >= 0.3 is 0 Å². The van der Waals surface area contributed by atoms with Gasteiger partial charge in [0, 0.05) is 25.0 Å². The number of anilines is 2. The van der Waals surface area contributed by atoms with E-state index in [0.29, 0.717) is 43.0 Å². The lowest BCUT2D eigenvalue weighted by atomic mass is 10.1. The van der Waals surface area contributed by atoms with Crippen LogP contribution in [0.3, 0.4) is 0 Å². The first-order valence-corrected chi connectivity index (χ1v) is 9.85. The van der Waals surface area contributed by atoms with Gasteiger partial charge in [0.1, 0.15) is 5.82 Å². The second kappa shape index (κ2) is 9.04. The third-order valence-electron chi connectivity index (χ3n) is 5.07. The molecule has 1 fully saturated rings. The molecule has 8 nitrogen and oxygen atoms in total. The smallest absolute Gasteiger partial charge is 0.228 e. The molecule has 3 aromatic rings. The fraction of sp³-hybridized carbons (Fsp3) is 0.364. The Morgan fingerprint density at radius 3 is 2.33 bits per heavy atom. The van der Waals surface area contributed by atoms with Crippen LogP contribution in [-0.4, -0.2) is 57.6 Å². The average molecular weight is 410 g/mol. The molecule has 0 atom stereocenters. The van der Waals surface area contributed by atoms with Crippen LogP contribution in [0, 0.1) is 0 Å². The predicted molar refractivity (Wildman–Crippen MR) is 116 cm³/mol. The van der Waals surface area contributed by atoms with Crippen LogP contribution in [0.15, 0.2) is 36.4 Å². The fourth-order valence-electron chi connectivity index (χ4n) is 3.53. The first-order valence-electron chi connectivity index (χ1n) is 9.85. The van der Waals surface area contributed by atoms with Gasteiger partial charge in [-0.2, -0.15) is 4.98 Å². The third kappa shape index (κ3) is 4.04. The van der Waals surface area contributed by atoms with Crippen molar-refractivity contribution >= 4 is 22.7 Å². The molecule has 4 rings (SSSR count). The number of nitrogens with zero attached hydrogens (tertiary/aromatic N) is 3. The molecule has 0 unspecified atom stereocenters. The van der Waals surface area contributed by atoms with E-state index in [1.54, 1.807) is 21.3 Å². The Hall–Kier alpha value is -3.26. The first-order chi connectivity index (χ1) is 14.7. The summed E-state index contributed by atoms with van der Waals surface area (Å²) in [5.41, 5.74) is 1.89. The fourth-order valence-corrected chi connectivity index (χ4v) is 3.53. The Morgan fingerprint density at radius 2 is 1.67 bits per heavy atom. The van der Waals surface area contributed by atoms with Gasteiger partial charge in [-0.05, 0) is 29.8 Å². The predicted octanol–water partition coefficient (Wildman–Crippen LogP) is 3.10. The maximum atomic E-state index is 5.46. The molecule has 8 heteroatoms. The van der Waals surface area contributed by atoms with E-state index in [1.165, 1.54) is 0 Å². The van der Waals surface area contributed by atoms with Crippen molar-refractivity contribution < 1.29 is 18.9 Å². The number of morpholine rings is 1. The Morgan fingerprint density at radius 1 is 0.967 bits per heavy atom. The molecule has 30 heavy (non-hydrogen) atoms. The van der Waals surface area contributed by atoms with Crippen LogP contribution in [0.1, 0.15) is 5.56 Å². The zero-order valence-corrected chi connectivity index (χ0v) is 17.5. The molecule has 0 bridgehead atoms. The number of hydrogen-bond donors (Lipinski definition) is 1. The van der Waals surface area contributed by atoms with Crippen molar-refractivity contribution in [3.8, 4) is 17.2 Å². The monoisotopic (exact) mass is 410 g/mol. The summed E-state index contributed by atoms with van der Waals surface area (Å²) in [7, 11) is 4.82. The van der Waals surface area contributed by atoms with Crippen molar-refractivity contribution in [2.75, 3.05) is 57.8 Å². The second-order valence-electron chi connectivity index (χ2n) is 6.88. The van der Waals surface area contributed by atoms with Crippen molar-refractivity contribution in [3.05, 3.63) is 42.0 Å². The zero-order valence-electron chi connectivity index (χ0n) is 17.5. The highest BCUT2D eigenvalue weighted by molar-refractivity contribution is 5.90. The maximum absolute atomic E-state index is 5.46. The van der Waals surface area contributed by atoms with Crippen molar-refractivity contribution in [1.29, 1.82) is 0 Å². The van der Waals surface area contributed by atoms with Crippen molar-refractivity contribution in [1.82, 2.24) is 9.97 Å². The van der Waals surface area contributed by atoms with Gasteiger partial charge in [-0.25, -0.2) is 4.98 Å². The largest absolute Gasteiger partial charge is 0.493 e. The van der Waals surface area contributed by atoms with Crippen LogP contribution in [-0.2, 0) is 11.3 Å².